The van der Waals surface area contributed by atoms with Crippen LogP contribution in [0.3, 0.4) is 0 Å². The number of carbonyl (C=O) groups is 5. The lowest BCUT2D eigenvalue weighted by Gasteiger charge is -2.36. The van der Waals surface area contributed by atoms with Gasteiger partial charge in [0.25, 0.3) is 11.8 Å². The van der Waals surface area contributed by atoms with Crippen LogP contribution in [0.5, 0.6) is 0 Å². The number of anilines is 1. The minimum absolute atomic E-state index is 0.0765. The first-order valence-corrected chi connectivity index (χ1v) is 23.2. The number of piperazine rings is 1. The lowest BCUT2D eigenvalue weighted by molar-refractivity contribution is -0.136. The van der Waals surface area contributed by atoms with Crippen LogP contribution in [-0.4, -0.2) is 136 Å². The second kappa shape index (κ2) is 22.8. The zero-order valence-corrected chi connectivity index (χ0v) is 38.1. The molecule has 0 spiro atoms. The number of allylic oxidation sites excluding steroid dienone is 1. The van der Waals surface area contributed by atoms with Gasteiger partial charge in [-0.25, -0.2) is 0 Å². The predicted octanol–water partition coefficient (Wildman–Crippen LogP) is 6.39. The number of methoxy groups -OCH3 is 1. The topological polar surface area (TPSA) is 167 Å². The molecule has 3 saturated heterocycles. The van der Waals surface area contributed by atoms with E-state index in [2.05, 4.69) is 32.1 Å². The summed E-state index contributed by atoms with van der Waals surface area (Å²) in [6.45, 7) is 10.5. The predicted molar refractivity (Wildman–Crippen MR) is 248 cm³/mol. The van der Waals surface area contributed by atoms with Crippen molar-refractivity contribution >= 4 is 58.5 Å². The zero-order valence-electron chi connectivity index (χ0n) is 37.4. The van der Waals surface area contributed by atoms with E-state index in [4.69, 9.17) is 25.8 Å². The van der Waals surface area contributed by atoms with E-state index in [9.17, 15) is 28.9 Å². The third kappa shape index (κ3) is 11.6. The molecule has 2 unspecified atom stereocenters. The summed E-state index contributed by atoms with van der Waals surface area (Å²) >= 11 is 6.76. The standard InChI is InChI=1S/C49H59ClN6O9/c1-3-7-35-29-42(52-62)40(28-36(35)31-55-18-5-10-38(55)32-63-2)44(57)16-13-33-12-14-37(30-41(33)50)54-21-19-53(20-22-54)23-25-65-27-26-64-24-6-9-34-8-4-11-39-46(34)49(61)56(48(39)60)43-15-17-45(58)51-47(43)59/h4,8,11-14,16,28-30,38,43H,3,5-7,9-10,15,17-27,31-32H2,1-2H3,(H,51,58,59)/b16-13+. The number of ether oxygens (including phenoxy) is 3. The van der Waals surface area contributed by atoms with E-state index in [1.807, 2.05) is 30.3 Å². The highest BCUT2D eigenvalue weighted by Gasteiger charge is 2.45. The van der Waals surface area contributed by atoms with Gasteiger partial charge in [0, 0.05) is 76.2 Å². The average Bonchev–Trinajstić information content (AvgIpc) is 3.85. The fourth-order valence-electron chi connectivity index (χ4n) is 9.31. The van der Waals surface area contributed by atoms with E-state index in [1.165, 1.54) is 6.08 Å². The van der Waals surface area contributed by atoms with Crippen molar-refractivity contribution in [3.63, 3.8) is 0 Å². The van der Waals surface area contributed by atoms with Crippen LogP contribution in [0.1, 0.15) is 98.8 Å². The Bertz CT molecular complexity index is 2280. The second-order valence-corrected chi connectivity index (χ2v) is 17.5. The van der Waals surface area contributed by atoms with E-state index in [-0.39, 0.29) is 29.9 Å². The fraction of sp³-hybridized carbons (Fsp3) is 0.490. The number of benzene rings is 3. The summed E-state index contributed by atoms with van der Waals surface area (Å²) in [4.78, 5) is 84.0. The normalized spacial score (nSPS) is 19.4. The van der Waals surface area contributed by atoms with Crippen LogP contribution in [0.4, 0.5) is 11.4 Å². The molecule has 3 aromatic rings. The van der Waals surface area contributed by atoms with Crippen molar-refractivity contribution in [2.24, 2.45) is 5.18 Å². The first-order valence-electron chi connectivity index (χ1n) is 22.8. The van der Waals surface area contributed by atoms with Gasteiger partial charge < -0.3 is 19.1 Å². The summed E-state index contributed by atoms with van der Waals surface area (Å²) in [6.07, 6.45) is 8.42. The number of rotatable bonds is 22. The van der Waals surface area contributed by atoms with Crippen molar-refractivity contribution in [3.8, 4) is 0 Å². The quantitative estimate of drug-likeness (QED) is 0.0389. The molecular formula is C49H59ClN6O9. The summed E-state index contributed by atoms with van der Waals surface area (Å²) in [7, 11) is 1.72. The maximum absolute atomic E-state index is 13.6. The Labute approximate surface area is 385 Å². The van der Waals surface area contributed by atoms with Crippen molar-refractivity contribution in [1.29, 1.82) is 0 Å². The molecule has 0 saturated carbocycles. The van der Waals surface area contributed by atoms with Gasteiger partial charge in [-0.15, -0.1) is 4.91 Å². The molecule has 3 aromatic carbocycles. The largest absolute Gasteiger partial charge is 0.383 e. The molecule has 16 heteroatoms. The van der Waals surface area contributed by atoms with Crippen LogP contribution >= 0.6 is 11.6 Å². The van der Waals surface area contributed by atoms with Crippen LogP contribution < -0.4 is 10.2 Å². The van der Waals surface area contributed by atoms with Crippen molar-refractivity contribution in [1.82, 2.24) is 20.0 Å². The Balaban J connectivity index is 0.808. The third-order valence-electron chi connectivity index (χ3n) is 12.8. The number of likely N-dealkylation sites (tertiary alicyclic amines) is 1. The molecule has 2 atom stereocenters. The molecule has 7 rings (SSSR count). The molecule has 346 valence electrons. The number of hydrogen-bond acceptors (Lipinski definition) is 13. The van der Waals surface area contributed by atoms with Crippen LogP contribution in [0.15, 0.2) is 59.8 Å². The maximum atomic E-state index is 13.6. The molecule has 1 N–H and O–H groups in total. The summed E-state index contributed by atoms with van der Waals surface area (Å²) < 4.78 is 17.1. The monoisotopic (exact) mass is 910 g/mol. The van der Waals surface area contributed by atoms with Gasteiger partial charge in [0.05, 0.1) is 43.1 Å². The number of piperidine rings is 1. The van der Waals surface area contributed by atoms with Crippen LogP contribution in [-0.2, 0) is 43.2 Å². The van der Waals surface area contributed by atoms with Crippen LogP contribution in [0.2, 0.25) is 5.02 Å². The minimum Gasteiger partial charge on any atom is -0.383 e. The van der Waals surface area contributed by atoms with Gasteiger partial charge in [0.1, 0.15) is 11.7 Å². The Morgan fingerprint density at radius 2 is 1.69 bits per heavy atom. The number of nitrogens with one attached hydrogen (secondary N) is 1. The number of amides is 4. The Kier molecular flexibility index (Phi) is 16.8. The molecule has 0 aromatic heterocycles. The van der Waals surface area contributed by atoms with E-state index in [0.29, 0.717) is 80.2 Å². The number of halogens is 1. The van der Waals surface area contributed by atoms with Crippen LogP contribution in [0, 0.1) is 4.91 Å². The molecule has 4 heterocycles. The summed E-state index contributed by atoms with van der Waals surface area (Å²) in [5.41, 5.74) is 5.59. The lowest BCUT2D eigenvalue weighted by atomic mass is 9.96. The highest BCUT2D eigenvalue weighted by molar-refractivity contribution is 6.32. The number of carbonyl (C=O) groups excluding carboxylic acids is 5. The average molecular weight is 911 g/mol. The second-order valence-electron chi connectivity index (χ2n) is 17.0. The smallest absolute Gasteiger partial charge is 0.262 e. The van der Waals surface area contributed by atoms with Crippen molar-refractivity contribution in [2.75, 3.05) is 84.3 Å². The molecule has 0 bridgehead atoms. The zero-order chi connectivity index (χ0) is 45.9. The molecule has 4 aliphatic rings. The van der Waals surface area contributed by atoms with E-state index >= 15 is 0 Å². The number of fused-ring (bicyclic) bond motifs is 1. The molecular weight excluding hydrogens is 852 g/mol. The summed E-state index contributed by atoms with van der Waals surface area (Å²) in [5, 5.41) is 6.01. The highest BCUT2D eigenvalue weighted by atomic mass is 35.5. The molecule has 0 radical (unpaired) electrons. The number of nitroso groups, excluding NO2 is 1. The molecule has 4 amide bonds. The van der Waals surface area contributed by atoms with Gasteiger partial charge >= 0.3 is 0 Å². The number of ketones is 1. The fourth-order valence-corrected chi connectivity index (χ4v) is 9.55. The third-order valence-corrected chi connectivity index (χ3v) is 13.1. The SMILES string of the molecule is CCCc1cc(N=O)c(C(=O)/C=C/c2ccc(N3CCN(CCOCCOCCCc4cccc5c4C(=O)N(C4CCC(=O)NC4=O)C5=O)CC3)cc2Cl)cc1CN1CCCC1COC. The first kappa shape index (κ1) is 47.8. The Hall–Kier alpha value is -5.16. The van der Waals surface area contributed by atoms with E-state index in [1.54, 1.807) is 31.4 Å². The molecule has 15 nitrogen and oxygen atoms in total. The van der Waals surface area contributed by atoms with Crippen LogP contribution in [0.25, 0.3) is 6.08 Å². The molecule has 65 heavy (non-hydrogen) atoms. The van der Waals surface area contributed by atoms with Gasteiger partial charge in [-0.05, 0) is 115 Å². The first-order chi connectivity index (χ1) is 31.6. The van der Waals surface area contributed by atoms with E-state index in [0.717, 1.165) is 92.2 Å². The van der Waals surface area contributed by atoms with Gasteiger partial charge in [0.15, 0.2) is 5.78 Å². The highest BCUT2D eigenvalue weighted by Crippen LogP contribution is 2.32. The van der Waals surface area contributed by atoms with Gasteiger partial charge in [-0.1, -0.05) is 43.1 Å². The lowest BCUT2D eigenvalue weighted by Crippen LogP contribution is -2.54. The number of nitrogens with zero attached hydrogens (tertiary/aromatic N) is 5. The minimum atomic E-state index is -0.991. The Morgan fingerprint density at radius 1 is 0.892 bits per heavy atom. The number of aryl methyl sites for hydroxylation is 2. The number of hydrogen-bond donors (Lipinski definition) is 1. The molecule has 3 fully saturated rings. The van der Waals surface area contributed by atoms with Gasteiger partial charge in [0.2, 0.25) is 11.8 Å². The van der Waals surface area contributed by atoms with E-state index < -0.39 is 29.7 Å². The van der Waals surface area contributed by atoms with Crippen molar-refractivity contribution < 1.29 is 38.2 Å². The molecule has 0 aliphatic carbocycles. The van der Waals surface area contributed by atoms with Crippen molar-refractivity contribution in [2.45, 2.75) is 76.9 Å². The maximum Gasteiger partial charge on any atom is 0.262 e. The van der Waals surface area contributed by atoms with Crippen molar-refractivity contribution in [3.05, 3.63) is 103 Å². The number of imide groups is 2. The molecule has 4 aliphatic heterocycles. The summed E-state index contributed by atoms with van der Waals surface area (Å²) in [5.74, 6) is -2.33. The van der Waals surface area contributed by atoms with Gasteiger partial charge in [-0.2, -0.15) is 0 Å². The summed E-state index contributed by atoms with van der Waals surface area (Å²) in [6, 6.07) is 14.0. The Morgan fingerprint density at radius 3 is 2.43 bits per heavy atom. The van der Waals surface area contributed by atoms with Gasteiger partial charge in [-0.3, -0.25) is 44.0 Å².